The SMILES string of the molecule is CC(NC(=O)COC(=O)c1cc(Cl)ccc1O)c1ccc(F)cc1. The highest BCUT2D eigenvalue weighted by molar-refractivity contribution is 6.31. The molecule has 0 spiro atoms. The normalized spacial score (nSPS) is 11.6. The van der Waals surface area contributed by atoms with E-state index < -0.39 is 18.5 Å². The van der Waals surface area contributed by atoms with Gasteiger partial charge in [0.2, 0.25) is 0 Å². The first-order valence-corrected chi connectivity index (χ1v) is 7.45. The van der Waals surface area contributed by atoms with Crippen LogP contribution in [0.1, 0.15) is 28.9 Å². The van der Waals surface area contributed by atoms with Crippen molar-refractivity contribution in [3.63, 3.8) is 0 Å². The first-order chi connectivity index (χ1) is 11.4. The van der Waals surface area contributed by atoms with Gasteiger partial charge in [0.15, 0.2) is 6.61 Å². The third-order valence-corrected chi connectivity index (χ3v) is 3.50. The molecule has 1 unspecified atom stereocenters. The molecule has 5 nitrogen and oxygen atoms in total. The molecular formula is C17H15ClFNO4. The van der Waals surface area contributed by atoms with Crippen LogP contribution in [-0.4, -0.2) is 23.6 Å². The lowest BCUT2D eigenvalue weighted by Gasteiger charge is -2.14. The number of hydrogen-bond acceptors (Lipinski definition) is 4. The number of halogens is 2. The largest absolute Gasteiger partial charge is 0.507 e. The van der Waals surface area contributed by atoms with Crippen LogP contribution in [0.25, 0.3) is 0 Å². The fourth-order valence-electron chi connectivity index (χ4n) is 2.00. The Kier molecular flexibility index (Phi) is 5.76. The Bertz CT molecular complexity index is 749. The minimum atomic E-state index is -0.861. The first-order valence-electron chi connectivity index (χ1n) is 7.07. The Morgan fingerprint density at radius 2 is 1.92 bits per heavy atom. The van der Waals surface area contributed by atoms with E-state index in [2.05, 4.69) is 5.32 Å². The van der Waals surface area contributed by atoms with E-state index in [1.807, 2.05) is 0 Å². The van der Waals surface area contributed by atoms with Crippen LogP contribution in [0.2, 0.25) is 5.02 Å². The summed E-state index contributed by atoms with van der Waals surface area (Å²) in [4.78, 5) is 23.7. The van der Waals surface area contributed by atoms with Crippen LogP contribution >= 0.6 is 11.6 Å². The summed E-state index contributed by atoms with van der Waals surface area (Å²) in [5, 5.41) is 12.5. The summed E-state index contributed by atoms with van der Waals surface area (Å²) >= 11 is 5.75. The first kappa shape index (κ1) is 17.7. The predicted molar refractivity (Wildman–Crippen MR) is 86.4 cm³/mol. The number of ether oxygens (including phenoxy) is 1. The smallest absolute Gasteiger partial charge is 0.342 e. The van der Waals surface area contributed by atoms with Gasteiger partial charge in [-0.25, -0.2) is 9.18 Å². The van der Waals surface area contributed by atoms with E-state index in [0.717, 1.165) is 0 Å². The van der Waals surface area contributed by atoms with Crippen molar-refractivity contribution < 1.29 is 23.8 Å². The zero-order valence-corrected chi connectivity index (χ0v) is 13.5. The molecule has 0 saturated heterocycles. The van der Waals surface area contributed by atoms with Gasteiger partial charge in [0.05, 0.1) is 6.04 Å². The maximum Gasteiger partial charge on any atom is 0.342 e. The summed E-state index contributed by atoms with van der Waals surface area (Å²) in [6, 6.07) is 9.24. The highest BCUT2D eigenvalue weighted by atomic mass is 35.5. The fourth-order valence-corrected chi connectivity index (χ4v) is 2.17. The molecule has 2 N–H and O–H groups in total. The predicted octanol–water partition coefficient (Wildman–Crippen LogP) is 3.22. The molecule has 0 bridgehead atoms. The molecule has 0 aliphatic carbocycles. The number of amides is 1. The van der Waals surface area contributed by atoms with Gasteiger partial charge < -0.3 is 15.2 Å². The van der Waals surface area contributed by atoms with Crippen LogP contribution in [0.5, 0.6) is 5.75 Å². The number of hydrogen-bond donors (Lipinski definition) is 2. The quantitative estimate of drug-likeness (QED) is 0.811. The molecule has 1 atom stereocenters. The fraction of sp³-hybridized carbons (Fsp3) is 0.176. The van der Waals surface area contributed by atoms with Crippen molar-refractivity contribution in [3.05, 3.63) is 64.4 Å². The minimum Gasteiger partial charge on any atom is -0.507 e. The van der Waals surface area contributed by atoms with Gasteiger partial charge >= 0.3 is 5.97 Å². The average molecular weight is 352 g/mol. The number of nitrogens with one attached hydrogen (secondary N) is 1. The molecule has 24 heavy (non-hydrogen) atoms. The molecule has 126 valence electrons. The third kappa shape index (κ3) is 4.70. The average Bonchev–Trinajstić information content (AvgIpc) is 2.55. The van der Waals surface area contributed by atoms with Gasteiger partial charge in [-0.15, -0.1) is 0 Å². The molecule has 2 aromatic carbocycles. The van der Waals surface area contributed by atoms with Crippen molar-refractivity contribution in [3.8, 4) is 5.75 Å². The van der Waals surface area contributed by atoms with Crippen molar-refractivity contribution in [2.45, 2.75) is 13.0 Å². The standard InChI is InChI=1S/C17H15ClFNO4/c1-10(11-2-5-13(19)6-3-11)20-16(22)9-24-17(23)14-8-12(18)4-7-15(14)21/h2-8,10,21H,9H2,1H3,(H,20,22). The Morgan fingerprint density at radius 3 is 2.58 bits per heavy atom. The molecule has 0 saturated carbocycles. The zero-order valence-electron chi connectivity index (χ0n) is 12.8. The maximum atomic E-state index is 12.9. The number of phenols is 1. The number of benzene rings is 2. The summed E-state index contributed by atoms with van der Waals surface area (Å²) in [6.45, 7) is 1.20. The number of esters is 1. The van der Waals surface area contributed by atoms with Gasteiger partial charge in [0.1, 0.15) is 17.1 Å². The van der Waals surface area contributed by atoms with Gasteiger partial charge in [-0.1, -0.05) is 23.7 Å². The van der Waals surface area contributed by atoms with E-state index in [1.165, 1.54) is 30.3 Å². The van der Waals surface area contributed by atoms with E-state index in [-0.39, 0.29) is 28.2 Å². The van der Waals surface area contributed by atoms with Gasteiger partial charge in [0.25, 0.3) is 5.91 Å². The topological polar surface area (TPSA) is 75.6 Å². The molecule has 0 aromatic heterocycles. The van der Waals surface area contributed by atoms with Gasteiger partial charge in [-0.2, -0.15) is 0 Å². The van der Waals surface area contributed by atoms with E-state index in [0.29, 0.717) is 5.56 Å². The van der Waals surface area contributed by atoms with Crippen LogP contribution in [0.4, 0.5) is 4.39 Å². The number of phenolic OH excluding ortho intramolecular Hbond substituents is 1. The second-order valence-electron chi connectivity index (χ2n) is 5.08. The van der Waals surface area contributed by atoms with Crippen LogP contribution in [0.15, 0.2) is 42.5 Å². The molecule has 2 rings (SSSR count). The number of carbonyl (C=O) groups excluding carboxylic acids is 2. The minimum absolute atomic E-state index is 0.123. The number of rotatable bonds is 5. The van der Waals surface area contributed by atoms with Crippen molar-refractivity contribution in [1.82, 2.24) is 5.32 Å². The maximum absolute atomic E-state index is 12.9. The van der Waals surface area contributed by atoms with Gasteiger partial charge in [0, 0.05) is 5.02 Å². The van der Waals surface area contributed by atoms with E-state index in [4.69, 9.17) is 16.3 Å². The van der Waals surface area contributed by atoms with Crippen LogP contribution in [-0.2, 0) is 9.53 Å². The summed E-state index contributed by atoms with van der Waals surface area (Å²) < 4.78 is 17.7. The van der Waals surface area contributed by atoms with Crippen LogP contribution in [0.3, 0.4) is 0 Å². The Labute approximate surface area is 143 Å². The number of aromatic hydroxyl groups is 1. The third-order valence-electron chi connectivity index (χ3n) is 3.26. The van der Waals surface area contributed by atoms with Crippen LogP contribution < -0.4 is 5.32 Å². The molecule has 0 radical (unpaired) electrons. The van der Waals surface area contributed by atoms with Crippen molar-refractivity contribution >= 4 is 23.5 Å². The highest BCUT2D eigenvalue weighted by Gasteiger charge is 2.16. The summed E-state index contributed by atoms with van der Waals surface area (Å²) in [5.74, 6) is -2.04. The second-order valence-corrected chi connectivity index (χ2v) is 5.51. The van der Waals surface area contributed by atoms with Gasteiger partial charge in [-0.05, 0) is 42.8 Å². The Morgan fingerprint density at radius 1 is 1.25 bits per heavy atom. The molecule has 0 aliphatic heterocycles. The summed E-state index contributed by atoms with van der Waals surface area (Å²) in [7, 11) is 0. The number of carbonyl (C=O) groups is 2. The van der Waals surface area contributed by atoms with E-state index in [1.54, 1.807) is 19.1 Å². The van der Waals surface area contributed by atoms with Crippen molar-refractivity contribution in [1.29, 1.82) is 0 Å². The summed E-state index contributed by atoms with van der Waals surface area (Å²) in [5.41, 5.74) is 0.588. The van der Waals surface area contributed by atoms with Gasteiger partial charge in [-0.3, -0.25) is 4.79 Å². The molecular weight excluding hydrogens is 337 g/mol. The highest BCUT2D eigenvalue weighted by Crippen LogP contribution is 2.22. The molecule has 1 amide bonds. The molecule has 7 heteroatoms. The lowest BCUT2D eigenvalue weighted by atomic mass is 10.1. The molecule has 2 aromatic rings. The molecule has 0 aliphatic rings. The molecule has 0 heterocycles. The molecule has 0 fully saturated rings. The Hall–Kier alpha value is -2.60. The van der Waals surface area contributed by atoms with Crippen molar-refractivity contribution in [2.75, 3.05) is 6.61 Å². The van der Waals surface area contributed by atoms with E-state index >= 15 is 0 Å². The lowest BCUT2D eigenvalue weighted by molar-refractivity contribution is -0.124. The van der Waals surface area contributed by atoms with Crippen LogP contribution in [0, 0.1) is 5.82 Å². The lowest BCUT2D eigenvalue weighted by Crippen LogP contribution is -2.31. The summed E-state index contributed by atoms with van der Waals surface area (Å²) in [6.07, 6.45) is 0. The zero-order chi connectivity index (χ0) is 17.7. The van der Waals surface area contributed by atoms with Crippen molar-refractivity contribution in [2.24, 2.45) is 0 Å². The second kappa shape index (κ2) is 7.79. The monoisotopic (exact) mass is 351 g/mol. The van der Waals surface area contributed by atoms with E-state index in [9.17, 15) is 19.1 Å². The Balaban J connectivity index is 1.89.